The van der Waals surface area contributed by atoms with E-state index in [0.29, 0.717) is 19.0 Å². The zero-order chi connectivity index (χ0) is 12.1. The van der Waals surface area contributed by atoms with Gasteiger partial charge in [-0.2, -0.15) is 0 Å². The van der Waals surface area contributed by atoms with Crippen molar-refractivity contribution in [1.82, 2.24) is 9.88 Å². The predicted octanol–water partition coefficient (Wildman–Crippen LogP) is 0.250. The molecule has 1 aliphatic heterocycles. The smallest absolute Gasteiger partial charge is 0.213 e. The molecule has 94 valence electrons. The topological polar surface area (TPSA) is 60.6 Å². The molecule has 17 heavy (non-hydrogen) atoms. The van der Waals surface area contributed by atoms with Crippen molar-refractivity contribution < 1.29 is 9.47 Å². The highest BCUT2D eigenvalue weighted by molar-refractivity contribution is 5.15. The van der Waals surface area contributed by atoms with E-state index in [2.05, 4.69) is 9.88 Å². The van der Waals surface area contributed by atoms with Crippen LogP contribution in [0.5, 0.6) is 5.88 Å². The van der Waals surface area contributed by atoms with Crippen LogP contribution in [-0.4, -0.2) is 49.3 Å². The Morgan fingerprint density at radius 3 is 3.24 bits per heavy atom. The molecule has 2 N–H and O–H groups in total. The molecule has 0 amide bonds. The molecule has 5 heteroatoms. The second-order valence-corrected chi connectivity index (χ2v) is 4.11. The largest absolute Gasteiger partial charge is 0.481 e. The number of rotatable bonds is 4. The first-order valence-electron chi connectivity index (χ1n) is 5.85. The molecule has 1 aliphatic rings. The van der Waals surface area contributed by atoms with Crippen LogP contribution in [0.3, 0.4) is 0 Å². The molecule has 1 aromatic rings. The van der Waals surface area contributed by atoms with Gasteiger partial charge in [0.25, 0.3) is 0 Å². The third-order valence-electron chi connectivity index (χ3n) is 2.98. The minimum atomic E-state index is 0.289. The van der Waals surface area contributed by atoms with Gasteiger partial charge in [0.2, 0.25) is 5.88 Å². The summed E-state index contributed by atoms with van der Waals surface area (Å²) >= 11 is 0. The number of nitrogens with two attached hydrogens (primary N) is 1. The number of pyridine rings is 1. The lowest BCUT2D eigenvalue weighted by Gasteiger charge is -2.34. The Morgan fingerprint density at radius 1 is 1.59 bits per heavy atom. The second-order valence-electron chi connectivity index (χ2n) is 4.11. The lowest BCUT2D eigenvalue weighted by Crippen LogP contribution is -2.48. The first-order valence-corrected chi connectivity index (χ1v) is 5.85. The summed E-state index contributed by atoms with van der Waals surface area (Å²) in [6.07, 6.45) is 0. The van der Waals surface area contributed by atoms with E-state index in [9.17, 15) is 0 Å². The first kappa shape index (κ1) is 12.3. The molecule has 0 bridgehead atoms. The molecule has 1 fully saturated rings. The SMILES string of the molecule is COc1cccc(CN2CCOCC2CN)n1. The van der Waals surface area contributed by atoms with Crippen LogP contribution in [0.4, 0.5) is 0 Å². The van der Waals surface area contributed by atoms with Crippen LogP contribution in [0.15, 0.2) is 18.2 Å². The Labute approximate surface area is 102 Å². The summed E-state index contributed by atoms with van der Waals surface area (Å²) < 4.78 is 10.5. The molecule has 0 aromatic carbocycles. The fourth-order valence-corrected chi connectivity index (χ4v) is 1.98. The maximum absolute atomic E-state index is 5.74. The molecule has 0 aliphatic carbocycles. The maximum atomic E-state index is 5.74. The average Bonchev–Trinajstić information content (AvgIpc) is 2.39. The summed E-state index contributed by atoms with van der Waals surface area (Å²) in [7, 11) is 1.63. The maximum Gasteiger partial charge on any atom is 0.213 e. The average molecular weight is 237 g/mol. The molecule has 1 unspecified atom stereocenters. The molecule has 0 saturated carbocycles. The summed E-state index contributed by atoms with van der Waals surface area (Å²) in [5, 5.41) is 0. The molecule has 1 saturated heterocycles. The number of methoxy groups -OCH3 is 1. The van der Waals surface area contributed by atoms with Gasteiger partial charge < -0.3 is 15.2 Å². The van der Waals surface area contributed by atoms with Gasteiger partial charge in [0.15, 0.2) is 0 Å². The van der Waals surface area contributed by atoms with Gasteiger partial charge in [0.05, 0.1) is 26.0 Å². The fourth-order valence-electron chi connectivity index (χ4n) is 1.98. The Bertz CT molecular complexity index is 359. The molecular formula is C12H19N3O2. The predicted molar refractivity (Wildman–Crippen MR) is 64.9 cm³/mol. The van der Waals surface area contributed by atoms with Crippen LogP contribution >= 0.6 is 0 Å². The van der Waals surface area contributed by atoms with E-state index < -0.39 is 0 Å². The zero-order valence-corrected chi connectivity index (χ0v) is 10.1. The second kappa shape index (κ2) is 5.95. The standard InChI is InChI=1S/C12H19N3O2/c1-16-12-4-2-3-10(14-12)8-15-5-6-17-9-11(15)7-13/h2-4,11H,5-9,13H2,1H3. The third kappa shape index (κ3) is 3.15. The van der Waals surface area contributed by atoms with Gasteiger partial charge >= 0.3 is 0 Å². The van der Waals surface area contributed by atoms with Gasteiger partial charge in [-0.05, 0) is 6.07 Å². The van der Waals surface area contributed by atoms with E-state index in [1.807, 2.05) is 18.2 Å². The van der Waals surface area contributed by atoms with Crippen LogP contribution in [0, 0.1) is 0 Å². The normalized spacial score (nSPS) is 21.4. The Hall–Kier alpha value is -1.17. The molecule has 0 radical (unpaired) electrons. The Morgan fingerprint density at radius 2 is 2.47 bits per heavy atom. The molecule has 1 aromatic heterocycles. The van der Waals surface area contributed by atoms with Gasteiger partial charge in [-0.1, -0.05) is 6.07 Å². The number of morpholine rings is 1. The zero-order valence-electron chi connectivity index (χ0n) is 10.1. The highest BCUT2D eigenvalue weighted by Crippen LogP contribution is 2.13. The van der Waals surface area contributed by atoms with Crippen molar-refractivity contribution >= 4 is 0 Å². The Kier molecular flexibility index (Phi) is 4.30. The van der Waals surface area contributed by atoms with Gasteiger partial charge in [0.1, 0.15) is 0 Å². The van der Waals surface area contributed by atoms with Crippen LogP contribution < -0.4 is 10.5 Å². The van der Waals surface area contributed by atoms with Crippen molar-refractivity contribution in [1.29, 1.82) is 0 Å². The molecule has 2 rings (SSSR count). The van der Waals surface area contributed by atoms with Crippen molar-refractivity contribution in [2.45, 2.75) is 12.6 Å². The van der Waals surface area contributed by atoms with Crippen LogP contribution in [0.1, 0.15) is 5.69 Å². The van der Waals surface area contributed by atoms with Crippen molar-refractivity contribution in [2.75, 3.05) is 33.4 Å². The molecule has 1 atom stereocenters. The summed E-state index contributed by atoms with van der Waals surface area (Å²) in [6.45, 7) is 3.79. The van der Waals surface area contributed by atoms with Gasteiger partial charge in [0, 0.05) is 31.7 Å². The molecule has 0 spiro atoms. The molecule has 5 nitrogen and oxygen atoms in total. The summed E-state index contributed by atoms with van der Waals surface area (Å²) in [6, 6.07) is 6.10. The van der Waals surface area contributed by atoms with Crippen molar-refractivity contribution in [3.05, 3.63) is 23.9 Å². The minimum absolute atomic E-state index is 0.289. The summed E-state index contributed by atoms with van der Waals surface area (Å²) in [5.74, 6) is 0.653. The van der Waals surface area contributed by atoms with Gasteiger partial charge in [-0.25, -0.2) is 4.98 Å². The fraction of sp³-hybridized carbons (Fsp3) is 0.583. The lowest BCUT2D eigenvalue weighted by molar-refractivity contribution is -0.00850. The monoisotopic (exact) mass is 237 g/mol. The van der Waals surface area contributed by atoms with Crippen molar-refractivity contribution in [3.8, 4) is 5.88 Å². The number of ether oxygens (including phenoxy) is 2. The van der Waals surface area contributed by atoms with E-state index in [0.717, 1.165) is 25.4 Å². The highest BCUT2D eigenvalue weighted by Gasteiger charge is 2.21. The highest BCUT2D eigenvalue weighted by atomic mass is 16.5. The Balaban J connectivity index is 2.02. The molecule has 2 heterocycles. The minimum Gasteiger partial charge on any atom is -0.481 e. The van der Waals surface area contributed by atoms with Crippen LogP contribution in [-0.2, 0) is 11.3 Å². The van der Waals surface area contributed by atoms with Gasteiger partial charge in [-0.15, -0.1) is 0 Å². The summed E-state index contributed by atoms with van der Waals surface area (Å²) in [5.41, 5.74) is 6.74. The van der Waals surface area contributed by atoms with Crippen LogP contribution in [0.2, 0.25) is 0 Å². The van der Waals surface area contributed by atoms with E-state index in [1.54, 1.807) is 7.11 Å². The van der Waals surface area contributed by atoms with E-state index in [4.69, 9.17) is 15.2 Å². The van der Waals surface area contributed by atoms with Crippen LogP contribution in [0.25, 0.3) is 0 Å². The quantitative estimate of drug-likeness (QED) is 0.813. The number of nitrogens with zero attached hydrogens (tertiary/aromatic N) is 2. The first-order chi connectivity index (χ1) is 8.33. The number of aromatic nitrogens is 1. The summed E-state index contributed by atoms with van der Waals surface area (Å²) in [4.78, 5) is 6.72. The molecular weight excluding hydrogens is 218 g/mol. The van der Waals surface area contributed by atoms with E-state index >= 15 is 0 Å². The third-order valence-corrected chi connectivity index (χ3v) is 2.98. The van der Waals surface area contributed by atoms with E-state index in [-0.39, 0.29) is 6.04 Å². The number of hydrogen-bond acceptors (Lipinski definition) is 5. The van der Waals surface area contributed by atoms with Gasteiger partial charge in [-0.3, -0.25) is 4.90 Å². The lowest BCUT2D eigenvalue weighted by atomic mass is 10.2. The van der Waals surface area contributed by atoms with Crippen molar-refractivity contribution in [2.24, 2.45) is 5.73 Å². The van der Waals surface area contributed by atoms with E-state index in [1.165, 1.54) is 0 Å². The van der Waals surface area contributed by atoms with Crippen molar-refractivity contribution in [3.63, 3.8) is 0 Å². The number of hydrogen-bond donors (Lipinski definition) is 1.